The third-order valence-corrected chi connectivity index (χ3v) is 4.55. The number of aromatic nitrogens is 4. The molecule has 0 aliphatic rings. The molecule has 0 unspecified atom stereocenters. The standard InChI is InChI=1S/C21H21N5O/c27-20(23-7-4-9-26-10-8-22-15-26)12-18-14-25-21-19(18)11-17(13-24-21)16-5-2-1-3-6-16/h1-3,5-6,8,10-11,13-15H,4,7,9,12H2,(H,23,27)(H,24,25). The van der Waals surface area contributed by atoms with Crippen LogP contribution in [0.4, 0.5) is 0 Å². The second-order valence-electron chi connectivity index (χ2n) is 6.48. The largest absolute Gasteiger partial charge is 0.356 e. The smallest absolute Gasteiger partial charge is 0.224 e. The Kier molecular flexibility index (Phi) is 4.96. The second-order valence-corrected chi connectivity index (χ2v) is 6.48. The third kappa shape index (κ3) is 4.06. The van der Waals surface area contributed by atoms with Gasteiger partial charge in [-0.15, -0.1) is 0 Å². The van der Waals surface area contributed by atoms with Gasteiger partial charge in [-0.05, 0) is 23.6 Å². The molecular weight excluding hydrogens is 338 g/mol. The van der Waals surface area contributed by atoms with E-state index in [1.807, 2.05) is 41.4 Å². The van der Waals surface area contributed by atoms with Crippen molar-refractivity contribution >= 4 is 16.9 Å². The molecule has 0 radical (unpaired) electrons. The average molecular weight is 359 g/mol. The van der Waals surface area contributed by atoms with Crippen molar-refractivity contribution in [2.24, 2.45) is 0 Å². The van der Waals surface area contributed by atoms with E-state index >= 15 is 0 Å². The Morgan fingerprint density at radius 1 is 1.19 bits per heavy atom. The molecule has 3 heterocycles. The number of hydrogen-bond acceptors (Lipinski definition) is 3. The van der Waals surface area contributed by atoms with Gasteiger partial charge in [0.25, 0.3) is 0 Å². The molecule has 0 bridgehead atoms. The zero-order valence-corrected chi connectivity index (χ0v) is 14.9. The van der Waals surface area contributed by atoms with Crippen LogP contribution in [0, 0.1) is 0 Å². The normalized spacial score (nSPS) is 11.0. The molecule has 27 heavy (non-hydrogen) atoms. The zero-order valence-electron chi connectivity index (χ0n) is 14.9. The van der Waals surface area contributed by atoms with E-state index < -0.39 is 0 Å². The number of hydrogen-bond donors (Lipinski definition) is 2. The number of aryl methyl sites for hydroxylation is 1. The van der Waals surface area contributed by atoms with Gasteiger partial charge >= 0.3 is 0 Å². The van der Waals surface area contributed by atoms with Crippen molar-refractivity contribution in [3.63, 3.8) is 0 Å². The van der Waals surface area contributed by atoms with Gasteiger partial charge in [0.2, 0.25) is 5.91 Å². The Bertz CT molecular complexity index is 1020. The van der Waals surface area contributed by atoms with Crippen LogP contribution in [0.15, 0.2) is 67.5 Å². The fraction of sp³-hybridized carbons (Fsp3) is 0.190. The van der Waals surface area contributed by atoms with E-state index in [2.05, 4.69) is 38.5 Å². The van der Waals surface area contributed by atoms with Gasteiger partial charge in [0.05, 0.1) is 12.7 Å². The number of imidazole rings is 1. The van der Waals surface area contributed by atoms with E-state index in [-0.39, 0.29) is 5.91 Å². The Hall–Kier alpha value is -3.41. The van der Waals surface area contributed by atoms with Crippen LogP contribution in [0.3, 0.4) is 0 Å². The Morgan fingerprint density at radius 2 is 2.07 bits per heavy atom. The van der Waals surface area contributed by atoms with E-state index in [9.17, 15) is 4.79 Å². The lowest BCUT2D eigenvalue weighted by molar-refractivity contribution is -0.120. The molecule has 6 nitrogen and oxygen atoms in total. The highest BCUT2D eigenvalue weighted by Gasteiger charge is 2.10. The molecule has 0 fully saturated rings. The van der Waals surface area contributed by atoms with Crippen LogP contribution in [0.2, 0.25) is 0 Å². The van der Waals surface area contributed by atoms with Crippen LogP contribution >= 0.6 is 0 Å². The predicted octanol–water partition coefficient (Wildman–Crippen LogP) is 3.18. The number of rotatable bonds is 7. The van der Waals surface area contributed by atoms with Crippen molar-refractivity contribution in [2.75, 3.05) is 6.54 Å². The summed E-state index contributed by atoms with van der Waals surface area (Å²) < 4.78 is 2.00. The first-order chi connectivity index (χ1) is 13.3. The maximum atomic E-state index is 12.3. The number of nitrogens with zero attached hydrogens (tertiary/aromatic N) is 3. The number of carbonyl (C=O) groups excluding carboxylic acids is 1. The molecule has 1 amide bonds. The highest BCUT2D eigenvalue weighted by atomic mass is 16.1. The summed E-state index contributed by atoms with van der Waals surface area (Å²) in [5, 5.41) is 3.98. The van der Waals surface area contributed by atoms with E-state index in [1.54, 1.807) is 12.5 Å². The fourth-order valence-electron chi connectivity index (χ4n) is 3.14. The maximum Gasteiger partial charge on any atom is 0.224 e. The number of benzene rings is 1. The van der Waals surface area contributed by atoms with E-state index in [0.717, 1.165) is 40.7 Å². The van der Waals surface area contributed by atoms with Crippen LogP contribution < -0.4 is 5.32 Å². The highest BCUT2D eigenvalue weighted by molar-refractivity contribution is 5.89. The average Bonchev–Trinajstić information content (AvgIpc) is 3.36. The molecule has 0 spiro atoms. The Labute approximate surface area is 157 Å². The van der Waals surface area contributed by atoms with Gasteiger partial charge in [0.1, 0.15) is 5.65 Å². The minimum atomic E-state index is 0.0200. The van der Waals surface area contributed by atoms with Crippen molar-refractivity contribution in [2.45, 2.75) is 19.4 Å². The van der Waals surface area contributed by atoms with Crippen molar-refractivity contribution < 1.29 is 4.79 Å². The van der Waals surface area contributed by atoms with Crippen LogP contribution in [-0.4, -0.2) is 32.0 Å². The quantitative estimate of drug-likeness (QED) is 0.498. The minimum absolute atomic E-state index is 0.0200. The maximum absolute atomic E-state index is 12.3. The molecular formula is C21H21N5O. The molecule has 0 atom stereocenters. The molecule has 0 saturated heterocycles. The summed E-state index contributed by atoms with van der Waals surface area (Å²) in [5.74, 6) is 0.0200. The Balaban J connectivity index is 1.40. The lowest BCUT2D eigenvalue weighted by Crippen LogP contribution is -2.26. The summed E-state index contributed by atoms with van der Waals surface area (Å²) in [4.78, 5) is 24.0. The summed E-state index contributed by atoms with van der Waals surface area (Å²) in [6, 6.07) is 12.2. The van der Waals surface area contributed by atoms with Crippen LogP contribution in [0.25, 0.3) is 22.2 Å². The van der Waals surface area contributed by atoms with Gasteiger partial charge in [0, 0.05) is 48.8 Å². The van der Waals surface area contributed by atoms with Gasteiger partial charge in [-0.1, -0.05) is 30.3 Å². The Morgan fingerprint density at radius 3 is 2.89 bits per heavy atom. The van der Waals surface area contributed by atoms with Crippen molar-refractivity contribution in [1.29, 1.82) is 0 Å². The van der Waals surface area contributed by atoms with E-state index in [4.69, 9.17) is 0 Å². The van der Waals surface area contributed by atoms with Gasteiger partial charge in [-0.25, -0.2) is 9.97 Å². The monoisotopic (exact) mass is 359 g/mol. The summed E-state index contributed by atoms with van der Waals surface area (Å²) in [7, 11) is 0. The van der Waals surface area contributed by atoms with Crippen LogP contribution in [0.5, 0.6) is 0 Å². The second kappa shape index (κ2) is 7.86. The highest BCUT2D eigenvalue weighted by Crippen LogP contribution is 2.24. The lowest BCUT2D eigenvalue weighted by atomic mass is 10.0. The third-order valence-electron chi connectivity index (χ3n) is 4.55. The van der Waals surface area contributed by atoms with Gasteiger partial charge in [-0.3, -0.25) is 4.79 Å². The molecule has 0 aliphatic carbocycles. The van der Waals surface area contributed by atoms with E-state index in [1.165, 1.54) is 0 Å². The summed E-state index contributed by atoms with van der Waals surface area (Å²) in [6.07, 6.45) is 10.4. The zero-order chi connectivity index (χ0) is 18.5. The van der Waals surface area contributed by atoms with Gasteiger partial charge < -0.3 is 14.9 Å². The molecule has 1 aromatic carbocycles. The van der Waals surface area contributed by atoms with Crippen molar-refractivity contribution in [3.8, 4) is 11.1 Å². The van der Waals surface area contributed by atoms with Gasteiger partial charge in [0.15, 0.2) is 0 Å². The molecule has 4 aromatic rings. The first kappa shape index (κ1) is 17.0. The van der Waals surface area contributed by atoms with Crippen molar-refractivity contribution in [3.05, 3.63) is 73.1 Å². The minimum Gasteiger partial charge on any atom is -0.356 e. The lowest BCUT2D eigenvalue weighted by Gasteiger charge is -2.06. The van der Waals surface area contributed by atoms with Crippen LogP contribution in [-0.2, 0) is 17.8 Å². The molecule has 0 saturated carbocycles. The van der Waals surface area contributed by atoms with Crippen molar-refractivity contribution in [1.82, 2.24) is 24.8 Å². The summed E-state index contributed by atoms with van der Waals surface area (Å²) >= 11 is 0. The number of amides is 1. The molecule has 6 heteroatoms. The number of nitrogens with one attached hydrogen (secondary N) is 2. The summed E-state index contributed by atoms with van der Waals surface area (Å²) in [6.45, 7) is 1.49. The van der Waals surface area contributed by atoms with Crippen LogP contribution in [0.1, 0.15) is 12.0 Å². The topological polar surface area (TPSA) is 75.6 Å². The number of pyridine rings is 1. The molecule has 4 rings (SSSR count). The number of fused-ring (bicyclic) bond motifs is 1. The molecule has 0 aliphatic heterocycles. The fourth-order valence-corrected chi connectivity index (χ4v) is 3.14. The van der Waals surface area contributed by atoms with Gasteiger partial charge in [-0.2, -0.15) is 0 Å². The first-order valence-corrected chi connectivity index (χ1v) is 9.03. The van der Waals surface area contributed by atoms with E-state index in [0.29, 0.717) is 13.0 Å². The number of H-pyrrole nitrogens is 1. The first-order valence-electron chi connectivity index (χ1n) is 9.03. The predicted molar refractivity (Wildman–Crippen MR) is 105 cm³/mol. The summed E-state index contributed by atoms with van der Waals surface area (Å²) in [5.41, 5.74) is 3.92. The number of carbonyl (C=O) groups is 1. The molecule has 3 aromatic heterocycles. The molecule has 136 valence electrons. The molecule has 2 N–H and O–H groups in total. The number of aromatic amines is 1. The SMILES string of the molecule is O=C(Cc1c[nH]c2ncc(-c3ccccc3)cc12)NCCCn1ccnc1.